The largest absolute Gasteiger partial charge is 0.462 e. The summed E-state index contributed by atoms with van der Waals surface area (Å²) in [6, 6.07) is 0. The Kier molecular flexibility index (Phi) is 39.4. The van der Waals surface area contributed by atoms with Gasteiger partial charge in [0.05, 0.1) is 0 Å². The van der Waals surface area contributed by atoms with Crippen molar-refractivity contribution in [3.63, 3.8) is 0 Å². The quantitative estimate of drug-likeness (QED) is 0.0349. The first-order valence-electron chi connectivity index (χ1n) is 24.1. The number of unbranched alkanes of at least 4 members (excludes halogenated alkanes) is 24. The molecule has 326 valence electrons. The Morgan fingerprint density at radius 2 is 0.636 bits per heavy atom. The van der Waals surface area contributed by atoms with Gasteiger partial charge in [0.15, 0.2) is 6.10 Å². The number of carbonyl (C=O) groups is 3. The summed E-state index contributed by atoms with van der Waals surface area (Å²) >= 11 is 0. The van der Waals surface area contributed by atoms with Gasteiger partial charge in [0.2, 0.25) is 0 Å². The lowest BCUT2D eigenvalue weighted by molar-refractivity contribution is -0.167. The van der Waals surface area contributed by atoms with Crippen LogP contribution in [0.2, 0.25) is 0 Å². The van der Waals surface area contributed by atoms with Crippen molar-refractivity contribution in [1.82, 2.24) is 0 Å². The fourth-order valence-electron chi connectivity index (χ4n) is 7.20. The molecule has 6 heteroatoms. The molecule has 6 nitrogen and oxygen atoms in total. The summed E-state index contributed by atoms with van der Waals surface area (Å²) in [5.41, 5.74) is 0. The highest BCUT2D eigenvalue weighted by molar-refractivity contribution is 5.71. The van der Waals surface area contributed by atoms with Crippen LogP contribution in [-0.2, 0) is 28.6 Å². The zero-order valence-corrected chi connectivity index (χ0v) is 37.7. The first-order valence-corrected chi connectivity index (χ1v) is 24.1. The van der Waals surface area contributed by atoms with Crippen molar-refractivity contribution in [3.05, 3.63) is 0 Å². The minimum absolute atomic E-state index is 0.0665. The van der Waals surface area contributed by atoms with Crippen molar-refractivity contribution < 1.29 is 28.6 Å². The summed E-state index contributed by atoms with van der Waals surface area (Å²) in [6.07, 6.45) is 38.2. The van der Waals surface area contributed by atoms with Crippen molar-refractivity contribution in [1.29, 1.82) is 0 Å². The van der Waals surface area contributed by atoms with Crippen LogP contribution in [0.15, 0.2) is 0 Å². The second kappa shape index (κ2) is 40.6. The molecule has 0 aromatic carbocycles. The van der Waals surface area contributed by atoms with Gasteiger partial charge in [0.25, 0.3) is 0 Å². The van der Waals surface area contributed by atoms with E-state index in [0.29, 0.717) is 19.3 Å². The van der Waals surface area contributed by atoms with Gasteiger partial charge in [0.1, 0.15) is 13.2 Å². The van der Waals surface area contributed by atoms with Crippen molar-refractivity contribution >= 4 is 17.9 Å². The lowest BCUT2D eigenvalue weighted by Gasteiger charge is -2.18. The summed E-state index contributed by atoms with van der Waals surface area (Å²) in [6.45, 7) is 13.6. The molecule has 0 aromatic rings. The van der Waals surface area contributed by atoms with Gasteiger partial charge >= 0.3 is 17.9 Å². The molecule has 0 N–H and O–H groups in total. The Balaban J connectivity index is 4.27. The highest BCUT2D eigenvalue weighted by atomic mass is 16.6. The molecule has 1 unspecified atom stereocenters. The van der Waals surface area contributed by atoms with E-state index in [1.807, 2.05) is 0 Å². The molecule has 0 heterocycles. The predicted octanol–water partition coefficient (Wildman–Crippen LogP) is 15.2. The molecule has 0 rings (SSSR count). The maximum atomic E-state index is 12.7. The molecule has 0 radical (unpaired) electrons. The maximum absolute atomic E-state index is 12.7. The molecular weight excluding hydrogens is 685 g/mol. The van der Waals surface area contributed by atoms with E-state index in [2.05, 4.69) is 41.5 Å². The molecule has 55 heavy (non-hydrogen) atoms. The van der Waals surface area contributed by atoms with Crippen LogP contribution >= 0.6 is 0 Å². The zero-order valence-electron chi connectivity index (χ0n) is 37.7. The van der Waals surface area contributed by atoms with Gasteiger partial charge in [-0.2, -0.15) is 0 Å². The van der Waals surface area contributed by atoms with Gasteiger partial charge in [-0.1, -0.05) is 221 Å². The number of rotatable bonds is 42. The van der Waals surface area contributed by atoms with Crippen LogP contribution in [0.1, 0.15) is 260 Å². The fourth-order valence-corrected chi connectivity index (χ4v) is 7.20. The van der Waals surface area contributed by atoms with Gasteiger partial charge in [0, 0.05) is 19.3 Å². The molecule has 0 bridgehead atoms. The number of esters is 3. The molecular formula is C49H94O6. The Hall–Kier alpha value is -1.59. The first-order chi connectivity index (χ1) is 26.6. The van der Waals surface area contributed by atoms with Gasteiger partial charge in [-0.15, -0.1) is 0 Å². The van der Waals surface area contributed by atoms with Crippen LogP contribution in [-0.4, -0.2) is 37.2 Å². The SMILES string of the molecule is CCC(C)CCCCCCCCC(=O)OC[C@@H](COC(=O)CCCCCCCCCCCCCCCCC(C)C)OC(=O)CCCCCCCCCC(C)C. The van der Waals surface area contributed by atoms with Crippen molar-refractivity contribution in [2.75, 3.05) is 13.2 Å². The van der Waals surface area contributed by atoms with Crippen molar-refractivity contribution in [2.24, 2.45) is 17.8 Å². The standard InChI is InChI=1S/C49H94O6/c1-7-45(6)37-31-25-21-22-27-33-39-48(51)54-42-46(55-49(52)40-34-28-20-16-18-24-30-36-44(4)5)41-53-47(50)38-32-26-19-15-13-11-9-8-10-12-14-17-23-29-35-43(2)3/h43-46H,7-42H2,1-6H3/t45?,46-/m1/s1. The smallest absolute Gasteiger partial charge is 0.306 e. The molecule has 0 aromatic heterocycles. The molecule has 0 aliphatic rings. The molecule has 0 spiro atoms. The normalized spacial score (nSPS) is 12.7. The maximum Gasteiger partial charge on any atom is 0.306 e. The second-order valence-electron chi connectivity index (χ2n) is 17.9. The monoisotopic (exact) mass is 779 g/mol. The number of carbonyl (C=O) groups excluding carboxylic acids is 3. The van der Waals surface area contributed by atoms with Crippen LogP contribution < -0.4 is 0 Å². The molecule has 0 aliphatic carbocycles. The second-order valence-corrected chi connectivity index (χ2v) is 17.9. The minimum atomic E-state index is -0.762. The average molecular weight is 779 g/mol. The van der Waals surface area contributed by atoms with Crippen LogP contribution in [0.4, 0.5) is 0 Å². The summed E-state index contributed by atoms with van der Waals surface area (Å²) in [4.78, 5) is 37.7. The lowest BCUT2D eigenvalue weighted by atomic mass is 10.00. The van der Waals surface area contributed by atoms with Crippen LogP contribution in [0.5, 0.6) is 0 Å². The number of hydrogen-bond donors (Lipinski definition) is 0. The summed E-state index contributed by atoms with van der Waals surface area (Å²) in [5.74, 6) is 1.57. The fraction of sp³-hybridized carbons (Fsp3) is 0.939. The Labute approximate surface area is 342 Å². The van der Waals surface area contributed by atoms with Gasteiger partial charge < -0.3 is 14.2 Å². The van der Waals surface area contributed by atoms with E-state index < -0.39 is 6.10 Å². The minimum Gasteiger partial charge on any atom is -0.462 e. The Morgan fingerprint density at radius 3 is 0.945 bits per heavy atom. The molecule has 0 saturated carbocycles. The Bertz CT molecular complexity index is 854. The molecule has 0 saturated heterocycles. The third-order valence-electron chi connectivity index (χ3n) is 11.3. The zero-order chi connectivity index (χ0) is 40.6. The van der Waals surface area contributed by atoms with E-state index in [4.69, 9.17) is 14.2 Å². The molecule has 0 fully saturated rings. The van der Waals surface area contributed by atoms with Gasteiger partial charge in [-0.3, -0.25) is 14.4 Å². The Morgan fingerprint density at radius 1 is 0.364 bits per heavy atom. The third-order valence-corrected chi connectivity index (χ3v) is 11.3. The third kappa shape index (κ3) is 41.9. The highest BCUT2D eigenvalue weighted by Gasteiger charge is 2.19. The lowest BCUT2D eigenvalue weighted by Crippen LogP contribution is -2.30. The van der Waals surface area contributed by atoms with Crippen molar-refractivity contribution in [3.8, 4) is 0 Å². The van der Waals surface area contributed by atoms with Gasteiger partial charge in [-0.05, 0) is 37.0 Å². The van der Waals surface area contributed by atoms with Gasteiger partial charge in [-0.25, -0.2) is 0 Å². The topological polar surface area (TPSA) is 78.9 Å². The van der Waals surface area contributed by atoms with E-state index in [0.717, 1.165) is 75.5 Å². The molecule has 2 atom stereocenters. The average Bonchev–Trinajstić information content (AvgIpc) is 3.15. The van der Waals surface area contributed by atoms with Crippen LogP contribution in [0.3, 0.4) is 0 Å². The highest BCUT2D eigenvalue weighted by Crippen LogP contribution is 2.17. The van der Waals surface area contributed by atoms with E-state index >= 15 is 0 Å². The van der Waals surface area contributed by atoms with Crippen molar-refractivity contribution in [2.45, 2.75) is 266 Å². The summed E-state index contributed by atoms with van der Waals surface area (Å²) in [5, 5.41) is 0. The molecule has 0 amide bonds. The summed E-state index contributed by atoms with van der Waals surface area (Å²) < 4.78 is 16.7. The predicted molar refractivity (Wildman–Crippen MR) is 233 cm³/mol. The summed E-state index contributed by atoms with van der Waals surface area (Å²) in [7, 11) is 0. The first kappa shape index (κ1) is 53.4. The number of hydrogen-bond acceptors (Lipinski definition) is 6. The van der Waals surface area contributed by atoms with E-state index in [9.17, 15) is 14.4 Å². The van der Waals surface area contributed by atoms with E-state index in [1.165, 1.54) is 141 Å². The van der Waals surface area contributed by atoms with Crippen LogP contribution in [0.25, 0.3) is 0 Å². The molecule has 0 aliphatic heterocycles. The van der Waals surface area contributed by atoms with Crippen LogP contribution in [0, 0.1) is 17.8 Å². The van der Waals surface area contributed by atoms with E-state index in [-0.39, 0.29) is 31.1 Å². The van der Waals surface area contributed by atoms with E-state index in [1.54, 1.807) is 0 Å². The number of ether oxygens (including phenoxy) is 3.